The Hall–Kier alpha value is -2.56. The van der Waals surface area contributed by atoms with Crippen LogP contribution in [0.2, 0.25) is 0 Å². The van der Waals surface area contributed by atoms with Gasteiger partial charge in [-0.05, 0) is 61.9 Å². The molecule has 1 aromatic heterocycles. The first-order valence-electron chi connectivity index (χ1n) is 10.2. The lowest BCUT2D eigenvalue weighted by atomic mass is 9.89. The molecule has 1 aromatic carbocycles. The van der Waals surface area contributed by atoms with Crippen molar-refractivity contribution in [3.63, 3.8) is 0 Å². The average Bonchev–Trinajstić information content (AvgIpc) is 3.07. The first-order valence-corrected chi connectivity index (χ1v) is 11.0. The van der Waals surface area contributed by atoms with Gasteiger partial charge in [0.15, 0.2) is 11.5 Å². The molecule has 1 aliphatic rings. The highest BCUT2D eigenvalue weighted by Crippen LogP contribution is 2.39. The lowest BCUT2D eigenvalue weighted by Crippen LogP contribution is -2.31. The number of likely N-dealkylation sites (N-methyl/N-ethyl adjacent to an activating group) is 1. The van der Waals surface area contributed by atoms with Gasteiger partial charge in [0, 0.05) is 11.4 Å². The van der Waals surface area contributed by atoms with Gasteiger partial charge in [-0.25, -0.2) is 0 Å². The molecule has 3 rings (SSSR count). The number of hydrogen-bond acceptors (Lipinski definition) is 6. The SMILES string of the molecule is COc1ccc(CCN(C)CC(=O)Nc2sc3c(c2C#N)CC[C@@H](C)C3)cc1OC. The van der Waals surface area contributed by atoms with Crippen LogP contribution in [0.1, 0.15) is 34.9 Å². The molecule has 1 amide bonds. The second kappa shape index (κ2) is 9.96. The van der Waals surface area contributed by atoms with Crippen molar-refractivity contribution in [2.75, 3.05) is 39.7 Å². The van der Waals surface area contributed by atoms with Crippen molar-refractivity contribution in [1.82, 2.24) is 4.90 Å². The minimum absolute atomic E-state index is 0.0899. The molecule has 0 fully saturated rings. The third kappa shape index (κ3) is 5.13. The molecule has 160 valence electrons. The van der Waals surface area contributed by atoms with Crippen LogP contribution in [-0.2, 0) is 24.1 Å². The summed E-state index contributed by atoms with van der Waals surface area (Å²) in [7, 11) is 5.16. The van der Waals surface area contributed by atoms with E-state index >= 15 is 0 Å². The topological polar surface area (TPSA) is 74.6 Å². The van der Waals surface area contributed by atoms with Crippen LogP contribution in [0, 0.1) is 17.2 Å². The van der Waals surface area contributed by atoms with E-state index in [0.29, 0.717) is 28.0 Å². The van der Waals surface area contributed by atoms with Gasteiger partial charge in [-0.3, -0.25) is 9.69 Å². The molecule has 1 aliphatic carbocycles. The monoisotopic (exact) mass is 427 g/mol. The Balaban J connectivity index is 1.56. The summed E-state index contributed by atoms with van der Waals surface area (Å²) in [5.41, 5.74) is 2.91. The summed E-state index contributed by atoms with van der Waals surface area (Å²) in [6.45, 7) is 3.24. The second-order valence-electron chi connectivity index (χ2n) is 7.89. The van der Waals surface area contributed by atoms with E-state index in [4.69, 9.17) is 9.47 Å². The van der Waals surface area contributed by atoms with Crippen LogP contribution < -0.4 is 14.8 Å². The van der Waals surface area contributed by atoms with Crippen molar-refractivity contribution < 1.29 is 14.3 Å². The minimum atomic E-state index is -0.0899. The second-order valence-corrected chi connectivity index (χ2v) is 9.00. The van der Waals surface area contributed by atoms with Gasteiger partial charge in [0.2, 0.25) is 5.91 Å². The van der Waals surface area contributed by atoms with Gasteiger partial charge in [-0.1, -0.05) is 13.0 Å². The number of carbonyl (C=O) groups excluding carboxylic acids is 1. The molecule has 0 aliphatic heterocycles. The Morgan fingerprint density at radius 2 is 2.10 bits per heavy atom. The van der Waals surface area contributed by atoms with Gasteiger partial charge in [0.1, 0.15) is 11.1 Å². The van der Waals surface area contributed by atoms with Gasteiger partial charge >= 0.3 is 0 Å². The van der Waals surface area contributed by atoms with Gasteiger partial charge in [-0.2, -0.15) is 5.26 Å². The molecule has 0 saturated heterocycles. The normalized spacial score (nSPS) is 15.4. The largest absolute Gasteiger partial charge is 0.493 e. The maximum atomic E-state index is 12.6. The molecule has 0 saturated carbocycles. The van der Waals surface area contributed by atoms with Crippen molar-refractivity contribution in [1.29, 1.82) is 5.26 Å². The zero-order valence-corrected chi connectivity index (χ0v) is 18.9. The third-order valence-electron chi connectivity index (χ3n) is 5.52. The minimum Gasteiger partial charge on any atom is -0.493 e. The number of ether oxygens (including phenoxy) is 2. The number of methoxy groups -OCH3 is 2. The van der Waals surface area contributed by atoms with Crippen molar-refractivity contribution in [2.45, 2.75) is 32.6 Å². The molecule has 0 spiro atoms. The highest BCUT2D eigenvalue weighted by Gasteiger charge is 2.24. The number of hydrogen-bond donors (Lipinski definition) is 1. The zero-order chi connectivity index (χ0) is 21.7. The van der Waals surface area contributed by atoms with E-state index in [1.54, 1.807) is 25.6 Å². The molecule has 30 heavy (non-hydrogen) atoms. The number of benzene rings is 1. The first-order chi connectivity index (χ1) is 14.4. The predicted molar refractivity (Wildman–Crippen MR) is 120 cm³/mol. The number of thiophene rings is 1. The van der Waals surface area contributed by atoms with Crippen molar-refractivity contribution in [3.05, 3.63) is 39.8 Å². The summed E-state index contributed by atoms with van der Waals surface area (Å²) in [5, 5.41) is 13.3. The highest BCUT2D eigenvalue weighted by atomic mass is 32.1. The number of carbonyl (C=O) groups is 1. The Morgan fingerprint density at radius 1 is 1.33 bits per heavy atom. The number of nitrogens with one attached hydrogen (secondary N) is 1. The summed E-state index contributed by atoms with van der Waals surface area (Å²) in [4.78, 5) is 15.8. The van der Waals surface area contributed by atoms with E-state index in [1.165, 1.54) is 4.88 Å². The lowest BCUT2D eigenvalue weighted by molar-refractivity contribution is -0.117. The molecule has 1 N–H and O–H groups in total. The fourth-order valence-electron chi connectivity index (χ4n) is 3.80. The van der Waals surface area contributed by atoms with Crippen LogP contribution in [0.15, 0.2) is 18.2 Å². The molecule has 0 bridgehead atoms. The van der Waals surface area contributed by atoms with E-state index in [2.05, 4.69) is 18.3 Å². The van der Waals surface area contributed by atoms with Crippen molar-refractivity contribution in [2.24, 2.45) is 5.92 Å². The van der Waals surface area contributed by atoms with Crippen LogP contribution in [0.5, 0.6) is 11.5 Å². The molecule has 6 nitrogen and oxygen atoms in total. The van der Waals surface area contributed by atoms with Gasteiger partial charge < -0.3 is 14.8 Å². The van der Waals surface area contributed by atoms with E-state index < -0.39 is 0 Å². The van der Waals surface area contributed by atoms with Gasteiger partial charge in [0.05, 0.1) is 26.3 Å². The molecule has 7 heteroatoms. The van der Waals surface area contributed by atoms with Crippen LogP contribution >= 0.6 is 11.3 Å². The Morgan fingerprint density at radius 3 is 2.80 bits per heavy atom. The number of rotatable bonds is 8. The standard InChI is InChI=1S/C23H29N3O3S/c1-15-5-7-17-18(13-24)23(30-21(17)11-15)25-22(27)14-26(2)10-9-16-6-8-19(28-3)20(12-16)29-4/h6,8,12,15H,5,7,9-11,14H2,1-4H3,(H,25,27)/t15-/m1/s1. The van der Waals surface area contributed by atoms with Crippen LogP contribution in [0.25, 0.3) is 0 Å². The molecule has 2 aromatic rings. The summed E-state index contributed by atoms with van der Waals surface area (Å²) in [6, 6.07) is 8.16. The number of anilines is 1. The fraction of sp³-hybridized carbons (Fsp3) is 0.478. The van der Waals surface area contributed by atoms with E-state index in [0.717, 1.165) is 43.4 Å². The summed E-state index contributed by atoms with van der Waals surface area (Å²) in [6.07, 6.45) is 3.82. The first kappa shape index (κ1) is 22.1. The predicted octanol–water partition coefficient (Wildman–Crippen LogP) is 3.87. The van der Waals surface area contributed by atoms with E-state index in [-0.39, 0.29) is 12.5 Å². The van der Waals surface area contributed by atoms with E-state index in [9.17, 15) is 10.1 Å². The zero-order valence-electron chi connectivity index (χ0n) is 18.1. The summed E-state index contributed by atoms with van der Waals surface area (Å²) >= 11 is 1.56. The van der Waals surface area contributed by atoms with Crippen LogP contribution in [0.3, 0.4) is 0 Å². The highest BCUT2D eigenvalue weighted by molar-refractivity contribution is 7.16. The van der Waals surface area contributed by atoms with E-state index in [1.807, 2.05) is 30.1 Å². The molecular formula is C23H29N3O3S. The maximum Gasteiger partial charge on any atom is 0.239 e. The lowest BCUT2D eigenvalue weighted by Gasteiger charge is -2.17. The number of amides is 1. The van der Waals surface area contributed by atoms with Crippen LogP contribution in [-0.4, -0.2) is 45.2 Å². The molecule has 1 heterocycles. The molecule has 1 atom stereocenters. The Kier molecular flexibility index (Phi) is 7.35. The van der Waals surface area contributed by atoms with Crippen molar-refractivity contribution in [3.8, 4) is 17.6 Å². The third-order valence-corrected chi connectivity index (χ3v) is 6.69. The van der Waals surface area contributed by atoms with Crippen LogP contribution in [0.4, 0.5) is 5.00 Å². The number of nitriles is 1. The fourth-order valence-corrected chi connectivity index (χ4v) is 5.18. The van der Waals surface area contributed by atoms with Crippen molar-refractivity contribution >= 4 is 22.2 Å². The molecular weight excluding hydrogens is 398 g/mol. The Bertz CT molecular complexity index is 948. The summed E-state index contributed by atoms with van der Waals surface area (Å²) in [5.74, 6) is 1.95. The molecule has 0 radical (unpaired) electrons. The molecule has 0 unspecified atom stereocenters. The summed E-state index contributed by atoms with van der Waals surface area (Å²) < 4.78 is 10.6. The maximum absolute atomic E-state index is 12.6. The smallest absolute Gasteiger partial charge is 0.239 e. The Labute approximate surface area is 182 Å². The number of fused-ring (bicyclic) bond motifs is 1. The van der Waals surface area contributed by atoms with Gasteiger partial charge in [0.25, 0.3) is 0 Å². The number of nitrogens with zero attached hydrogens (tertiary/aromatic N) is 2. The quantitative estimate of drug-likeness (QED) is 0.692. The average molecular weight is 428 g/mol. The van der Waals surface area contributed by atoms with Gasteiger partial charge in [-0.15, -0.1) is 11.3 Å².